The zero-order valence-electron chi connectivity index (χ0n) is 24.9. The molecule has 1 heterocycles. The topological polar surface area (TPSA) is 200 Å². The van der Waals surface area contributed by atoms with E-state index in [9.17, 15) is 38.7 Å². The molecule has 0 radical (unpaired) electrons. The average molecular weight is 611 g/mol. The van der Waals surface area contributed by atoms with Gasteiger partial charge in [-0.1, -0.05) is 12.1 Å². The van der Waals surface area contributed by atoms with E-state index in [0.29, 0.717) is 11.1 Å². The van der Waals surface area contributed by atoms with Crippen LogP contribution in [-0.2, 0) is 33.5 Å². The third-order valence-corrected chi connectivity index (χ3v) is 6.82. The number of carbonyl (C=O) groups is 7. The fourth-order valence-corrected chi connectivity index (χ4v) is 4.82. The van der Waals surface area contributed by atoms with E-state index < -0.39 is 72.8 Å². The third kappa shape index (κ3) is 7.56. The number of fused-ring (bicyclic) bond motifs is 1. The van der Waals surface area contributed by atoms with Crippen LogP contribution in [0.25, 0.3) is 0 Å². The molecule has 0 aliphatic carbocycles. The molecule has 4 amide bonds. The first-order chi connectivity index (χ1) is 20.5. The summed E-state index contributed by atoms with van der Waals surface area (Å²) >= 11 is 0. The minimum Gasteiger partial charge on any atom is -0.507 e. The summed E-state index contributed by atoms with van der Waals surface area (Å²) in [7, 11) is 0. The van der Waals surface area contributed by atoms with Gasteiger partial charge in [0.2, 0.25) is 5.91 Å². The number of hydrogen-bond acceptors (Lipinski definition) is 9. The van der Waals surface area contributed by atoms with E-state index in [1.54, 1.807) is 26.0 Å². The smallest absolute Gasteiger partial charge is 0.305 e. The van der Waals surface area contributed by atoms with Gasteiger partial charge in [-0.3, -0.25) is 33.7 Å². The van der Waals surface area contributed by atoms with Crippen molar-refractivity contribution in [2.24, 2.45) is 0 Å². The second-order valence-corrected chi connectivity index (χ2v) is 10.8. The molecule has 1 aliphatic heterocycles. The average Bonchev–Trinajstić information content (AvgIpc) is 3.04. The van der Waals surface area contributed by atoms with Crippen molar-refractivity contribution >= 4 is 53.2 Å². The van der Waals surface area contributed by atoms with E-state index in [-0.39, 0.29) is 29.0 Å². The van der Waals surface area contributed by atoms with Gasteiger partial charge in [0.25, 0.3) is 17.7 Å². The lowest BCUT2D eigenvalue weighted by Gasteiger charge is -2.32. The number of aldehydes is 1. The summed E-state index contributed by atoms with van der Waals surface area (Å²) in [4.78, 5) is 90.6. The Bertz CT molecular complexity index is 1500. The number of benzene rings is 2. The molecule has 0 aromatic heterocycles. The molecule has 3 rings (SSSR count). The lowest BCUT2D eigenvalue weighted by atomic mass is 10.0. The molecular weight excluding hydrogens is 576 g/mol. The van der Waals surface area contributed by atoms with Crippen LogP contribution >= 0.6 is 0 Å². The first-order valence-electron chi connectivity index (χ1n) is 13.5. The number of ether oxygens (including phenoxy) is 1. The molecule has 0 saturated carbocycles. The Hall–Kier alpha value is -5.27. The zero-order valence-corrected chi connectivity index (χ0v) is 24.9. The summed E-state index contributed by atoms with van der Waals surface area (Å²) in [6, 6.07) is 6.15. The molecular formula is C30H34N4O10. The number of aromatic hydroxyl groups is 1. The third-order valence-electron chi connectivity index (χ3n) is 6.82. The van der Waals surface area contributed by atoms with Gasteiger partial charge in [-0.2, -0.15) is 0 Å². The molecule has 14 heteroatoms. The van der Waals surface area contributed by atoms with Crippen LogP contribution in [0.5, 0.6) is 5.75 Å². The van der Waals surface area contributed by atoms with Gasteiger partial charge in [0.15, 0.2) is 5.60 Å². The van der Waals surface area contributed by atoms with Crippen LogP contribution in [-0.4, -0.2) is 82.8 Å². The fourth-order valence-electron chi connectivity index (χ4n) is 4.82. The Kier molecular flexibility index (Phi) is 10.1. The Morgan fingerprint density at radius 1 is 1.09 bits per heavy atom. The standard InChI is InChI=1S/C30H34N4O10/c1-16-10-19(11-17(2)26(16)40)27(41)32-21-13-34(29(43)30(4,5)44-18(3)36)23-9-7-6-8-22(23)33(28(21)42)14-24(37)31-20(15-35)12-25(38)39/h6-11,15,20-21,40H,12-14H2,1-5H3,(H,31,37)(H,32,41)(H,38,39)/t20-,21?/m0/s1. The minimum atomic E-state index is -1.69. The number of nitrogens with one attached hydrogen (secondary N) is 2. The maximum atomic E-state index is 14.0. The van der Waals surface area contributed by atoms with Crippen molar-refractivity contribution in [2.45, 2.75) is 58.7 Å². The number of esters is 1. The molecule has 2 atom stereocenters. The number of carboxylic acids is 1. The monoisotopic (exact) mass is 610 g/mol. The van der Waals surface area contributed by atoms with Crippen LogP contribution < -0.4 is 20.4 Å². The van der Waals surface area contributed by atoms with E-state index in [1.165, 1.54) is 43.0 Å². The number of nitrogens with zero attached hydrogens (tertiary/aromatic N) is 2. The molecule has 2 aromatic rings. The van der Waals surface area contributed by atoms with Crippen LogP contribution in [0.2, 0.25) is 0 Å². The van der Waals surface area contributed by atoms with E-state index >= 15 is 0 Å². The van der Waals surface area contributed by atoms with Gasteiger partial charge in [0, 0.05) is 12.5 Å². The minimum absolute atomic E-state index is 0.000677. The van der Waals surface area contributed by atoms with Gasteiger partial charge < -0.3 is 35.3 Å². The number of rotatable bonds is 10. The summed E-state index contributed by atoms with van der Waals surface area (Å²) in [6.45, 7) is 5.96. The maximum Gasteiger partial charge on any atom is 0.305 e. The highest BCUT2D eigenvalue weighted by atomic mass is 16.6. The van der Waals surface area contributed by atoms with Crippen molar-refractivity contribution in [3.8, 4) is 5.75 Å². The first kappa shape index (κ1) is 33.2. The van der Waals surface area contributed by atoms with Gasteiger partial charge in [-0.05, 0) is 63.1 Å². The number of aryl methyl sites for hydroxylation is 2. The predicted molar refractivity (Wildman–Crippen MR) is 156 cm³/mol. The molecule has 0 fully saturated rings. The highest BCUT2D eigenvalue weighted by Gasteiger charge is 2.43. The van der Waals surface area contributed by atoms with Crippen LogP contribution in [0.15, 0.2) is 36.4 Å². The van der Waals surface area contributed by atoms with E-state index in [4.69, 9.17) is 9.84 Å². The number of aliphatic carboxylic acids is 1. The lowest BCUT2D eigenvalue weighted by molar-refractivity contribution is -0.161. The number of carbonyl (C=O) groups excluding carboxylic acids is 6. The van der Waals surface area contributed by atoms with Crippen molar-refractivity contribution in [2.75, 3.05) is 22.9 Å². The van der Waals surface area contributed by atoms with Crippen molar-refractivity contribution in [1.82, 2.24) is 10.6 Å². The van der Waals surface area contributed by atoms with Crippen LogP contribution in [0.4, 0.5) is 11.4 Å². The van der Waals surface area contributed by atoms with Crippen molar-refractivity contribution in [3.05, 3.63) is 53.1 Å². The van der Waals surface area contributed by atoms with Gasteiger partial charge in [0.1, 0.15) is 24.6 Å². The second kappa shape index (κ2) is 13.4. The van der Waals surface area contributed by atoms with Gasteiger partial charge in [-0.25, -0.2) is 0 Å². The second-order valence-electron chi connectivity index (χ2n) is 10.8. The van der Waals surface area contributed by atoms with E-state index in [2.05, 4.69) is 10.6 Å². The molecule has 1 unspecified atom stereocenters. The zero-order chi connectivity index (χ0) is 32.9. The van der Waals surface area contributed by atoms with Gasteiger partial charge in [-0.15, -0.1) is 0 Å². The Morgan fingerprint density at radius 3 is 2.23 bits per heavy atom. The highest BCUT2D eigenvalue weighted by Crippen LogP contribution is 2.35. The van der Waals surface area contributed by atoms with Crippen molar-refractivity contribution in [1.29, 1.82) is 0 Å². The summed E-state index contributed by atoms with van der Waals surface area (Å²) in [5, 5.41) is 24.0. The quantitative estimate of drug-likeness (QED) is 0.222. The Balaban J connectivity index is 2.08. The predicted octanol–water partition coefficient (Wildman–Crippen LogP) is 0.987. The SMILES string of the molecule is CC(=O)OC(C)(C)C(=O)N1CC(NC(=O)c2cc(C)c(O)c(C)c2)C(=O)N(CC(=O)N[C@H](C=O)CC(=O)O)c2ccccc21. The molecule has 4 N–H and O–H groups in total. The Morgan fingerprint density at radius 2 is 1.68 bits per heavy atom. The summed E-state index contributed by atoms with van der Waals surface area (Å²) in [5.74, 6) is -5.16. The number of para-hydroxylation sites is 2. The van der Waals surface area contributed by atoms with Crippen molar-refractivity contribution in [3.63, 3.8) is 0 Å². The van der Waals surface area contributed by atoms with Gasteiger partial charge in [0.05, 0.1) is 30.4 Å². The number of carboxylic acid groups (broad SMARTS) is 1. The number of phenolic OH excluding ortho intramolecular Hbond substituents is 1. The Labute approximate surface area is 253 Å². The number of anilines is 2. The number of hydrogen-bond donors (Lipinski definition) is 4. The summed E-state index contributed by atoms with van der Waals surface area (Å²) < 4.78 is 5.25. The molecule has 14 nitrogen and oxygen atoms in total. The highest BCUT2D eigenvalue weighted by molar-refractivity contribution is 6.12. The normalized spacial score (nSPS) is 15.4. The first-order valence-corrected chi connectivity index (χ1v) is 13.5. The molecule has 1 aliphatic rings. The molecule has 234 valence electrons. The van der Waals surface area contributed by atoms with E-state index in [0.717, 1.165) is 11.8 Å². The van der Waals surface area contributed by atoms with E-state index in [1.807, 2.05) is 0 Å². The molecule has 0 spiro atoms. The van der Waals surface area contributed by atoms with Gasteiger partial charge >= 0.3 is 11.9 Å². The van der Waals surface area contributed by atoms with Crippen LogP contribution in [0.3, 0.4) is 0 Å². The number of amides is 4. The summed E-state index contributed by atoms with van der Waals surface area (Å²) in [5.41, 5.74) is -0.490. The van der Waals surface area contributed by atoms with Crippen LogP contribution in [0, 0.1) is 13.8 Å². The fraction of sp³-hybridized carbons (Fsp3) is 0.367. The largest absolute Gasteiger partial charge is 0.507 e. The molecule has 0 saturated heterocycles. The van der Waals surface area contributed by atoms with Crippen molar-refractivity contribution < 1.29 is 48.5 Å². The summed E-state index contributed by atoms with van der Waals surface area (Å²) in [6.07, 6.45) is -0.427. The molecule has 2 aromatic carbocycles. The van der Waals surface area contributed by atoms with Crippen LogP contribution in [0.1, 0.15) is 48.7 Å². The lowest BCUT2D eigenvalue weighted by Crippen LogP contribution is -2.56. The number of phenols is 1. The molecule has 44 heavy (non-hydrogen) atoms. The maximum absolute atomic E-state index is 14.0. The molecule has 0 bridgehead atoms.